The Morgan fingerprint density at radius 1 is 1.50 bits per heavy atom. The van der Waals surface area contributed by atoms with Crippen molar-refractivity contribution in [1.82, 2.24) is 0 Å². The van der Waals surface area contributed by atoms with Crippen molar-refractivity contribution in [3.8, 4) is 5.75 Å². The number of carboxylic acids is 1. The minimum absolute atomic E-state index is 0.258. The summed E-state index contributed by atoms with van der Waals surface area (Å²) < 4.78 is 11.0. The molecule has 2 rings (SSSR count). The van der Waals surface area contributed by atoms with Crippen molar-refractivity contribution in [1.29, 1.82) is 0 Å². The van der Waals surface area contributed by atoms with E-state index in [4.69, 9.17) is 14.6 Å². The van der Waals surface area contributed by atoms with Crippen LogP contribution >= 0.6 is 0 Å². The zero-order valence-corrected chi connectivity index (χ0v) is 10.3. The third-order valence-electron chi connectivity index (χ3n) is 3.13. The van der Waals surface area contributed by atoms with Crippen LogP contribution in [0.5, 0.6) is 5.75 Å². The smallest absolute Gasteiger partial charge is 0.335 e. The number of benzene rings is 1. The molecule has 98 valence electrons. The number of carbonyl (C=O) groups is 1. The van der Waals surface area contributed by atoms with Gasteiger partial charge in [-0.15, -0.1) is 0 Å². The number of rotatable bonds is 5. The Morgan fingerprint density at radius 2 is 2.39 bits per heavy atom. The highest BCUT2D eigenvalue weighted by atomic mass is 16.5. The highest BCUT2D eigenvalue weighted by Crippen LogP contribution is 2.19. The third kappa shape index (κ3) is 3.74. The predicted octanol–water partition coefficient (Wildman–Crippen LogP) is 2.58. The van der Waals surface area contributed by atoms with Crippen molar-refractivity contribution < 1.29 is 19.4 Å². The van der Waals surface area contributed by atoms with Gasteiger partial charge in [0.15, 0.2) is 0 Å². The van der Waals surface area contributed by atoms with E-state index in [1.54, 1.807) is 24.3 Å². The standard InChI is InChI=1S/C14H18O4/c15-14(16)12-4-1-5-13(9-12)18-8-6-11-3-2-7-17-10-11/h1,4-5,9,11H,2-3,6-8,10H2,(H,15,16). The second-order valence-corrected chi connectivity index (χ2v) is 4.55. The number of hydrogen-bond acceptors (Lipinski definition) is 3. The third-order valence-corrected chi connectivity index (χ3v) is 3.13. The van der Waals surface area contributed by atoms with Crippen LogP contribution in [0.3, 0.4) is 0 Å². The summed E-state index contributed by atoms with van der Waals surface area (Å²) in [5.41, 5.74) is 0.258. The maximum atomic E-state index is 10.8. The van der Waals surface area contributed by atoms with Crippen molar-refractivity contribution in [3.05, 3.63) is 29.8 Å². The molecule has 18 heavy (non-hydrogen) atoms. The fraction of sp³-hybridized carbons (Fsp3) is 0.500. The molecule has 1 heterocycles. The van der Waals surface area contributed by atoms with Crippen LogP contribution in [0.25, 0.3) is 0 Å². The van der Waals surface area contributed by atoms with Crippen molar-refractivity contribution in [2.24, 2.45) is 5.92 Å². The Labute approximate surface area is 107 Å². The molecule has 1 atom stereocenters. The summed E-state index contributed by atoms with van der Waals surface area (Å²) >= 11 is 0. The van der Waals surface area contributed by atoms with Crippen molar-refractivity contribution in [2.75, 3.05) is 19.8 Å². The molecule has 0 aliphatic carbocycles. The second-order valence-electron chi connectivity index (χ2n) is 4.55. The highest BCUT2D eigenvalue weighted by molar-refractivity contribution is 5.87. The van der Waals surface area contributed by atoms with E-state index in [0.29, 0.717) is 18.3 Å². The van der Waals surface area contributed by atoms with Crippen LogP contribution in [-0.4, -0.2) is 30.9 Å². The minimum atomic E-state index is -0.930. The molecule has 1 saturated heterocycles. The molecular weight excluding hydrogens is 232 g/mol. The predicted molar refractivity (Wildman–Crippen MR) is 67.1 cm³/mol. The monoisotopic (exact) mass is 250 g/mol. The molecule has 1 aromatic carbocycles. The normalized spacial score (nSPS) is 19.4. The van der Waals surface area contributed by atoms with Gasteiger partial charge in [-0.05, 0) is 43.4 Å². The SMILES string of the molecule is O=C(O)c1cccc(OCCC2CCCOC2)c1. The molecular formula is C14H18O4. The van der Waals surface area contributed by atoms with Gasteiger partial charge in [-0.2, -0.15) is 0 Å². The molecule has 0 amide bonds. The zero-order chi connectivity index (χ0) is 12.8. The topological polar surface area (TPSA) is 55.8 Å². The van der Waals surface area contributed by atoms with Gasteiger partial charge >= 0.3 is 5.97 Å². The molecule has 1 aliphatic rings. The Kier molecular flexibility index (Phi) is 4.59. The Bertz CT molecular complexity index is 397. The van der Waals surface area contributed by atoms with Gasteiger partial charge in [-0.25, -0.2) is 4.79 Å². The lowest BCUT2D eigenvalue weighted by molar-refractivity contribution is 0.0462. The summed E-state index contributed by atoms with van der Waals surface area (Å²) in [6.07, 6.45) is 3.27. The van der Waals surface area contributed by atoms with Gasteiger partial charge in [0, 0.05) is 13.2 Å². The van der Waals surface area contributed by atoms with Gasteiger partial charge in [0.1, 0.15) is 5.75 Å². The van der Waals surface area contributed by atoms with Gasteiger partial charge < -0.3 is 14.6 Å². The minimum Gasteiger partial charge on any atom is -0.494 e. The van der Waals surface area contributed by atoms with Crippen LogP contribution in [0.2, 0.25) is 0 Å². The van der Waals surface area contributed by atoms with Crippen molar-refractivity contribution in [2.45, 2.75) is 19.3 Å². The molecule has 0 spiro atoms. The van der Waals surface area contributed by atoms with Crippen LogP contribution in [0, 0.1) is 5.92 Å². The van der Waals surface area contributed by atoms with Crippen molar-refractivity contribution in [3.63, 3.8) is 0 Å². The average Bonchev–Trinajstić information content (AvgIpc) is 2.40. The van der Waals surface area contributed by atoms with E-state index in [2.05, 4.69) is 0 Å². The van der Waals surface area contributed by atoms with Crippen molar-refractivity contribution >= 4 is 5.97 Å². The first kappa shape index (κ1) is 12.9. The molecule has 0 aromatic heterocycles. The molecule has 4 heteroatoms. The fourth-order valence-corrected chi connectivity index (χ4v) is 2.10. The van der Waals surface area contributed by atoms with Crippen LogP contribution < -0.4 is 4.74 Å². The lowest BCUT2D eigenvalue weighted by atomic mass is 9.99. The molecule has 4 nitrogen and oxygen atoms in total. The zero-order valence-electron chi connectivity index (χ0n) is 10.3. The molecule has 1 fully saturated rings. The summed E-state index contributed by atoms with van der Waals surface area (Å²) in [4.78, 5) is 10.8. The molecule has 1 unspecified atom stereocenters. The lowest BCUT2D eigenvalue weighted by Crippen LogP contribution is -2.19. The van der Waals surface area contributed by atoms with Gasteiger partial charge in [0.2, 0.25) is 0 Å². The summed E-state index contributed by atoms with van der Waals surface area (Å²) in [5, 5.41) is 8.87. The maximum absolute atomic E-state index is 10.8. The first-order chi connectivity index (χ1) is 8.75. The number of carboxylic acid groups (broad SMARTS) is 1. The summed E-state index contributed by atoms with van der Waals surface area (Å²) in [6, 6.07) is 6.59. The van der Waals surface area contributed by atoms with E-state index < -0.39 is 5.97 Å². The Balaban J connectivity index is 1.78. The highest BCUT2D eigenvalue weighted by Gasteiger charge is 2.13. The van der Waals surface area contributed by atoms with E-state index in [9.17, 15) is 4.79 Å². The summed E-state index contributed by atoms with van der Waals surface area (Å²) in [7, 11) is 0. The molecule has 1 aromatic rings. The van der Waals surface area contributed by atoms with E-state index >= 15 is 0 Å². The molecule has 0 bridgehead atoms. The number of ether oxygens (including phenoxy) is 2. The Hall–Kier alpha value is -1.55. The van der Waals surface area contributed by atoms with Gasteiger partial charge in [0.25, 0.3) is 0 Å². The molecule has 0 saturated carbocycles. The first-order valence-corrected chi connectivity index (χ1v) is 6.29. The lowest BCUT2D eigenvalue weighted by Gasteiger charge is -2.21. The van der Waals surface area contributed by atoms with E-state index in [1.165, 1.54) is 6.42 Å². The second kappa shape index (κ2) is 6.40. The van der Waals surface area contributed by atoms with E-state index in [0.717, 1.165) is 26.1 Å². The van der Waals surface area contributed by atoms with Crippen LogP contribution in [-0.2, 0) is 4.74 Å². The molecule has 0 radical (unpaired) electrons. The van der Waals surface area contributed by atoms with E-state index in [1.807, 2.05) is 0 Å². The number of aromatic carboxylic acids is 1. The van der Waals surface area contributed by atoms with Crippen LogP contribution in [0.15, 0.2) is 24.3 Å². The van der Waals surface area contributed by atoms with E-state index in [-0.39, 0.29) is 5.56 Å². The molecule has 1 N–H and O–H groups in total. The van der Waals surface area contributed by atoms with Gasteiger partial charge in [0.05, 0.1) is 12.2 Å². The van der Waals surface area contributed by atoms with Gasteiger partial charge in [-0.1, -0.05) is 6.07 Å². The Morgan fingerprint density at radius 3 is 3.11 bits per heavy atom. The summed E-state index contributed by atoms with van der Waals surface area (Å²) in [6.45, 7) is 2.30. The van der Waals surface area contributed by atoms with Crippen LogP contribution in [0.1, 0.15) is 29.6 Å². The van der Waals surface area contributed by atoms with Crippen LogP contribution in [0.4, 0.5) is 0 Å². The first-order valence-electron chi connectivity index (χ1n) is 6.29. The average molecular weight is 250 g/mol. The largest absolute Gasteiger partial charge is 0.494 e. The summed E-state index contributed by atoms with van der Waals surface area (Å²) in [5.74, 6) is 0.258. The number of hydrogen-bond donors (Lipinski definition) is 1. The quantitative estimate of drug-likeness (QED) is 0.872. The fourth-order valence-electron chi connectivity index (χ4n) is 2.10. The maximum Gasteiger partial charge on any atom is 0.335 e. The van der Waals surface area contributed by atoms with Gasteiger partial charge in [-0.3, -0.25) is 0 Å². The molecule has 1 aliphatic heterocycles.